The van der Waals surface area contributed by atoms with Crippen molar-refractivity contribution in [1.29, 1.82) is 5.26 Å². The molecule has 5 nitrogen and oxygen atoms in total. The molecular weight excluding hydrogens is 202 g/mol. The molecule has 0 aromatic carbocycles. The van der Waals surface area contributed by atoms with E-state index in [0.717, 1.165) is 0 Å². The molecule has 6 heteroatoms. The van der Waals surface area contributed by atoms with Crippen molar-refractivity contribution in [1.82, 2.24) is 0 Å². The molecule has 0 radical (unpaired) electrons. The number of hydrogen-bond acceptors (Lipinski definition) is 5. The second kappa shape index (κ2) is 7.91. The summed E-state index contributed by atoms with van der Waals surface area (Å²) in [6.07, 6.45) is 0. The third-order valence-corrected chi connectivity index (χ3v) is 3.70. The first-order chi connectivity index (χ1) is 6.74. The number of nitrogens with zero attached hydrogens (tertiary/aromatic N) is 1. The van der Waals surface area contributed by atoms with Crippen LogP contribution in [0.15, 0.2) is 0 Å². The van der Waals surface area contributed by atoms with Crippen LogP contribution >= 0.6 is 0 Å². The third kappa shape index (κ3) is 4.69. The predicted molar refractivity (Wildman–Crippen MR) is 52.2 cm³/mol. The lowest BCUT2D eigenvalue weighted by atomic mass is 10.9. The van der Waals surface area contributed by atoms with Crippen LogP contribution in [0.5, 0.6) is 0 Å². The number of rotatable bonds is 8. The lowest BCUT2D eigenvalue weighted by Crippen LogP contribution is -2.49. The average Bonchev–Trinajstić information content (AvgIpc) is 2.16. The Kier molecular flexibility index (Phi) is 7.65. The maximum absolute atomic E-state index is 8.41. The normalized spacial score (nSPS) is 11.3. The van der Waals surface area contributed by atoms with E-state index in [-0.39, 0.29) is 6.61 Å². The first kappa shape index (κ1) is 13.5. The summed E-state index contributed by atoms with van der Waals surface area (Å²) < 4.78 is 21.2. The van der Waals surface area contributed by atoms with Crippen LogP contribution in [0, 0.1) is 11.3 Å². The van der Waals surface area contributed by atoms with Crippen LogP contribution in [0.25, 0.3) is 0 Å². The van der Waals surface area contributed by atoms with E-state index in [4.69, 9.17) is 23.0 Å². The van der Waals surface area contributed by atoms with Gasteiger partial charge in [-0.1, -0.05) is 0 Å². The summed E-state index contributed by atoms with van der Waals surface area (Å²) >= 11 is 0. The van der Waals surface area contributed by atoms with Crippen LogP contribution < -0.4 is 0 Å². The van der Waals surface area contributed by atoms with Gasteiger partial charge in [0.2, 0.25) is 0 Å². The van der Waals surface area contributed by atoms with Gasteiger partial charge in [-0.2, -0.15) is 5.26 Å². The summed E-state index contributed by atoms with van der Waals surface area (Å²) in [6.45, 7) is 6.74. The van der Waals surface area contributed by atoms with E-state index < -0.39 is 9.05 Å². The lowest BCUT2D eigenvalue weighted by Gasteiger charge is -2.25. The summed E-state index contributed by atoms with van der Waals surface area (Å²) in [7, 11) is -3.04. The predicted octanol–water partition coefficient (Wildman–Crippen LogP) is 1.07. The van der Waals surface area contributed by atoms with Crippen molar-refractivity contribution < 1.29 is 17.7 Å². The molecule has 0 fully saturated rings. The molecule has 0 aromatic heterocycles. The molecule has 0 amide bonds. The zero-order valence-electron chi connectivity index (χ0n) is 8.91. The van der Waals surface area contributed by atoms with Crippen LogP contribution in [-0.4, -0.2) is 35.5 Å². The lowest BCUT2D eigenvalue weighted by molar-refractivity contribution is -0.0208. The minimum Gasteiger partial charge on any atom is -0.351 e. The quantitative estimate of drug-likeness (QED) is 0.571. The first-order valence-electron chi connectivity index (χ1n) is 4.67. The van der Waals surface area contributed by atoms with Crippen LogP contribution in [0.2, 0.25) is 0 Å². The van der Waals surface area contributed by atoms with Crippen molar-refractivity contribution in [3.63, 3.8) is 0 Å². The summed E-state index contributed by atoms with van der Waals surface area (Å²) in [5.41, 5.74) is 0. The molecule has 0 heterocycles. The Morgan fingerprint density at radius 1 is 0.929 bits per heavy atom. The highest BCUT2D eigenvalue weighted by Gasteiger charge is 2.44. The van der Waals surface area contributed by atoms with Gasteiger partial charge in [-0.25, -0.2) is 0 Å². The average molecular weight is 219 g/mol. The molecular formula is C8H17NO4Si. The molecule has 0 saturated heterocycles. The number of nitriles is 1. The smallest absolute Gasteiger partial charge is 0.351 e. The Bertz CT molecular complexity index is 166. The molecule has 0 rings (SSSR count). The second-order valence-corrected chi connectivity index (χ2v) is 4.40. The fraction of sp³-hybridized carbons (Fsp3) is 0.875. The molecule has 0 saturated carbocycles. The van der Waals surface area contributed by atoms with Gasteiger partial charge in [0.1, 0.15) is 6.61 Å². The molecule has 0 spiro atoms. The monoisotopic (exact) mass is 219 g/mol. The van der Waals surface area contributed by atoms with E-state index in [1.54, 1.807) is 0 Å². The highest BCUT2D eigenvalue weighted by Crippen LogP contribution is 2.11. The zero-order chi connectivity index (χ0) is 10.9. The van der Waals surface area contributed by atoms with Gasteiger partial charge >= 0.3 is 9.05 Å². The molecule has 0 N–H and O–H groups in total. The van der Waals surface area contributed by atoms with Crippen molar-refractivity contribution in [2.24, 2.45) is 0 Å². The largest absolute Gasteiger partial charge is 0.680 e. The molecule has 0 aliphatic rings. The van der Waals surface area contributed by atoms with Crippen molar-refractivity contribution in [2.45, 2.75) is 20.8 Å². The van der Waals surface area contributed by atoms with Gasteiger partial charge in [-0.15, -0.1) is 0 Å². The summed E-state index contributed by atoms with van der Waals surface area (Å²) in [4.78, 5) is 0. The minimum atomic E-state index is -3.04. The van der Waals surface area contributed by atoms with E-state index in [1.165, 1.54) is 0 Å². The van der Waals surface area contributed by atoms with E-state index in [0.29, 0.717) is 19.8 Å². The SMILES string of the molecule is CCO[Si](OCC)(OCC)OCC#N. The molecule has 0 aliphatic heterocycles. The molecule has 0 bridgehead atoms. The Labute approximate surface area is 86.0 Å². The molecule has 0 unspecified atom stereocenters. The van der Waals surface area contributed by atoms with Crippen LogP contribution in [0.3, 0.4) is 0 Å². The van der Waals surface area contributed by atoms with Gasteiger partial charge in [0.25, 0.3) is 0 Å². The van der Waals surface area contributed by atoms with Gasteiger partial charge in [0.15, 0.2) is 0 Å². The maximum Gasteiger partial charge on any atom is 0.680 e. The highest BCUT2D eigenvalue weighted by atomic mass is 28.4. The number of hydrogen-bond donors (Lipinski definition) is 0. The van der Waals surface area contributed by atoms with Crippen LogP contribution in [-0.2, 0) is 17.7 Å². The van der Waals surface area contributed by atoms with Gasteiger partial charge in [0, 0.05) is 19.8 Å². The molecule has 14 heavy (non-hydrogen) atoms. The van der Waals surface area contributed by atoms with Gasteiger partial charge in [-0.3, -0.25) is 0 Å². The Balaban J connectivity index is 4.30. The van der Waals surface area contributed by atoms with E-state index in [2.05, 4.69) is 0 Å². The summed E-state index contributed by atoms with van der Waals surface area (Å²) in [6, 6.07) is 1.87. The van der Waals surface area contributed by atoms with E-state index in [1.807, 2.05) is 26.8 Å². The topological polar surface area (TPSA) is 60.7 Å². The molecule has 0 aromatic rings. The minimum absolute atomic E-state index is 0.0772. The maximum atomic E-state index is 8.41. The third-order valence-electron chi connectivity index (χ3n) is 1.28. The van der Waals surface area contributed by atoms with Crippen LogP contribution in [0.1, 0.15) is 20.8 Å². The van der Waals surface area contributed by atoms with Gasteiger partial charge in [0.05, 0.1) is 6.07 Å². The first-order valence-corrected chi connectivity index (χ1v) is 6.30. The summed E-state index contributed by atoms with van der Waals surface area (Å²) in [5.74, 6) is 0. The molecule has 0 atom stereocenters. The van der Waals surface area contributed by atoms with Crippen molar-refractivity contribution in [3.05, 3.63) is 0 Å². The zero-order valence-corrected chi connectivity index (χ0v) is 9.91. The molecule has 82 valence electrons. The summed E-state index contributed by atoms with van der Waals surface area (Å²) in [5, 5.41) is 8.41. The fourth-order valence-electron chi connectivity index (χ4n) is 0.901. The van der Waals surface area contributed by atoms with Crippen molar-refractivity contribution in [2.75, 3.05) is 26.4 Å². The standard InChI is InChI=1S/C8H17NO4Si/c1-4-10-14(11-5-2,12-6-3)13-8-7-9/h4-6,8H2,1-3H3. The molecule has 0 aliphatic carbocycles. The van der Waals surface area contributed by atoms with E-state index in [9.17, 15) is 0 Å². The van der Waals surface area contributed by atoms with Gasteiger partial charge < -0.3 is 17.7 Å². The Morgan fingerprint density at radius 2 is 1.36 bits per heavy atom. The Hall–Kier alpha value is -0.453. The fourth-order valence-corrected chi connectivity index (χ4v) is 2.70. The Morgan fingerprint density at radius 3 is 1.64 bits per heavy atom. The van der Waals surface area contributed by atoms with Crippen LogP contribution in [0.4, 0.5) is 0 Å². The van der Waals surface area contributed by atoms with E-state index >= 15 is 0 Å². The van der Waals surface area contributed by atoms with Crippen molar-refractivity contribution in [3.8, 4) is 6.07 Å². The second-order valence-electron chi connectivity index (χ2n) is 2.25. The van der Waals surface area contributed by atoms with Gasteiger partial charge in [-0.05, 0) is 20.8 Å². The van der Waals surface area contributed by atoms with Crippen molar-refractivity contribution >= 4 is 9.05 Å². The highest BCUT2D eigenvalue weighted by molar-refractivity contribution is 6.53.